The standard InChI is InChI=1S/C13H14ClN3O/c1-7-6-9(14)4-5-10(7)13-16-12(17-18-13)11(15)8-2-3-8/h4-6,8,11H,2-3,15H2,1H3. The Morgan fingerprint density at radius 3 is 2.89 bits per heavy atom. The van der Waals surface area contributed by atoms with Crippen molar-refractivity contribution in [1.82, 2.24) is 10.1 Å². The molecular weight excluding hydrogens is 250 g/mol. The van der Waals surface area contributed by atoms with Gasteiger partial charge in [0, 0.05) is 10.6 Å². The van der Waals surface area contributed by atoms with Crippen LogP contribution in [0.25, 0.3) is 11.5 Å². The second kappa shape index (κ2) is 4.37. The molecule has 0 saturated heterocycles. The van der Waals surface area contributed by atoms with Crippen LogP contribution in [0.5, 0.6) is 0 Å². The Morgan fingerprint density at radius 1 is 1.44 bits per heavy atom. The molecule has 1 aromatic carbocycles. The Labute approximate surface area is 110 Å². The van der Waals surface area contributed by atoms with Gasteiger partial charge in [0.25, 0.3) is 5.89 Å². The van der Waals surface area contributed by atoms with Crippen molar-refractivity contribution < 1.29 is 4.52 Å². The summed E-state index contributed by atoms with van der Waals surface area (Å²) in [4.78, 5) is 4.39. The lowest BCUT2D eigenvalue weighted by Gasteiger charge is -2.02. The minimum atomic E-state index is -0.102. The number of nitrogens with zero attached hydrogens (tertiary/aromatic N) is 2. The van der Waals surface area contributed by atoms with Gasteiger partial charge in [0.05, 0.1) is 6.04 Å². The molecule has 94 valence electrons. The summed E-state index contributed by atoms with van der Waals surface area (Å²) in [5.74, 6) is 1.62. The molecule has 1 saturated carbocycles. The summed E-state index contributed by atoms with van der Waals surface area (Å²) in [5.41, 5.74) is 7.96. The Bertz CT molecular complexity index is 577. The maximum atomic E-state index is 6.05. The van der Waals surface area contributed by atoms with Gasteiger partial charge in [-0.2, -0.15) is 4.98 Å². The lowest BCUT2D eigenvalue weighted by atomic mass is 10.1. The topological polar surface area (TPSA) is 64.9 Å². The molecule has 0 aliphatic heterocycles. The normalized spacial score (nSPS) is 16.8. The molecule has 18 heavy (non-hydrogen) atoms. The molecule has 2 aromatic rings. The quantitative estimate of drug-likeness (QED) is 0.924. The first kappa shape index (κ1) is 11.7. The molecule has 1 fully saturated rings. The summed E-state index contributed by atoms with van der Waals surface area (Å²) in [5, 5.41) is 4.67. The third-order valence-corrected chi connectivity index (χ3v) is 3.52. The van der Waals surface area contributed by atoms with Crippen LogP contribution < -0.4 is 5.73 Å². The molecule has 0 bridgehead atoms. The number of hydrogen-bond donors (Lipinski definition) is 1. The van der Waals surface area contributed by atoms with Crippen molar-refractivity contribution in [2.24, 2.45) is 11.7 Å². The third-order valence-electron chi connectivity index (χ3n) is 3.29. The first-order valence-electron chi connectivity index (χ1n) is 6.01. The Balaban J connectivity index is 1.92. The third kappa shape index (κ3) is 2.13. The molecule has 0 spiro atoms. The monoisotopic (exact) mass is 263 g/mol. The molecule has 1 aliphatic carbocycles. The first-order valence-corrected chi connectivity index (χ1v) is 6.38. The van der Waals surface area contributed by atoms with Gasteiger partial charge in [0.1, 0.15) is 0 Å². The molecule has 1 aliphatic rings. The van der Waals surface area contributed by atoms with Crippen LogP contribution in [-0.2, 0) is 0 Å². The van der Waals surface area contributed by atoms with Crippen LogP contribution in [0.3, 0.4) is 0 Å². The van der Waals surface area contributed by atoms with Gasteiger partial charge in [-0.25, -0.2) is 0 Å². The summed E-state index contributed by atoms with van der Waals surface area (Å²) >= 11 is 5.92. The molecule has 2 N–H and O–H groups in total. The van der Waals surface area contributed by atoms with E-state index in [0.29, 0.717) is 22.7 Å². The van der Waals surface area contributed by atoms with E-state index in [2.05, 4.69) is 10.1 Å². The fourth-order valence-electron chi connectivity index (χ4n) is 2.01. The summed E-state index contributed by atoms with van der Waals surface area (Å²) in [6.07, 6.45) is 2.32. The molecule has 4 nitrogen and oxygen atoms in total. The molecule has 0 radical (unpaired) electrons. The lowest BCUT2D eigenvalue weighted by Crippen LogP contribution is -2.13. The predicted octanol–water partition coefficient (Wildman–Crippen LogP) is 3.11. The molecule has 1 unspecified atom stereocenters. The highest BCUT2D eigenvalue weighted by molar-refractivity contribution is 6.30. The summed E-state index contributed by atoms with van der Waals surface area (Å²) in [7, 11) is 0. The van der Waals surface area contributed by atoms with Crippen molar-refractivity contribution in [2.45, 2.75) is 25.8 Å². The molecule has 1 heterocycles. The number of hydrogen-bond acceptors (Lipinski definition) is 4. The molecule has 5 heteroatoms. The van der Waals surface area contributed by atoms with Gasteiger partial charge in [-0.1, -0.05) is 16.8 Å². The van der Waals surface area contributed by atoms with Crippen LogP contribution in [0.1, 0.15) is 30.3 Å². The van der Waals surface area contributed by atoms with E-state index in [1.54, 1.807) is 0 Å². The highest BCUT2D eigenvalue weighted by Gasteiger charge is 2.32. The van der Waals surface area contributed by atoms with E-state index in [-0.39, 0.29) is 6.04 Å². The second-order valence-corrected chi connectivity index (χ2v) is 5.22. The van der Waals surface area contributed by atoms with E-state index >= 15 is 0 Å². The number of rotatable bonds is 3. The van der Waals surface area contributed by atoms with Gasteiger partial charge >= 0.3 is 0 Å². The highest BCUT2D eigenvalue weighted by atomic mass is 35.5. The minimum absolute atomic E-state index is 0.102. The van der Waals surface area contributed by atoms with E-state index in [1.165, 1.54) is 0 Å². The van der Waals surface area contributed by atoms with Crippen molar-refractivity contribution in [2.75, 3.05) is 0 Å². The van der Waals surface area contributed by atoms with E-state index in [4.69, 9.17) is 21.9 Å². The van der Waals surface area contributed by atoms with E-state index in [1.807, 2.05) is 25.1 Å². The average molecular weight is 264 g/mol. The Morgan fingerprint density at radius 2 is 2.22 bits per heavy atom. The van der Waals surface area contributed by atoms with Crippen LogP contribution in [0.2, 0.25) is 5.02 Å². The summed E-state index contributed by atoms with van der Waals surface area (Å²) in [6, 6.07) is 5.48. The van der Waals surface area contributed by atoms with Crippen LogP contribution in [0.15, 0.2) is 22.7 Å². The van der Waals surface area contributed by atoms with Gasteiger partial charge in [-0.15, -0.1) is 0 Å². The zero-order chi connectivity index (χ0) is 12.7. The van der Waals surface area contributed by atoms with Gasteiger partial charge in [-0.05, 0) is 49.4 Å². The van der Waals surface area contributed by atoms with E-state index < -0.39 is 0 Å². The Kier molecular flexibility index (Phi) is 2.84. The van der Waals surface area contributed by atoms with E-state index in [0.717, 1.165) is 24.0 Å². The van der Waals surface area contributed by atoms with Crippen LogP contribution in [0, 0.1) is 12.8 Å². The van der Waals surface area contributed by atoms with Crippen molar-refractivity contribution in [3.8, 4) is 11.5 Å². The first-order chi connectivity index (χ1) is 8.65. The molecule has 3 rings (SSSR count). The fourth-order valence-corrected chi connectivity index (χ4v) is 2.24. The highest BCUT2D eigenvalue weighted by Crippen LogP contribution is 2.38. The van der Waals surface area contributed by atoms with Gasteiger partial charge in [0.2, 0.25) is 0 Å². The van der Waals surface area contributed by atoms with Gasteiger partial charge in [-0.3, -0.25) is 0 Å². The smallest absolute Gasteiger partial charge is 0.258 e. The zero-order valence-electron chi connectivity index (χ0n) is 10.1. The number of halogens is 1. The van der Waals surface area contributed by atoms with Gasteiger partial charge < -0.3 is 10.3 Å². The van der Waals surface area contributed by atoms with Crippen molar-refractivity contribution in [1.29, 1.82) is 0 Å². The molecular formula is C13H14ClN3O. The number of aromatic nitrogens is 2. The second-order valence-electron chi connectivity index (χ2n) is 4.78. The van der Waals surface area contributed by atoms with Crippen LogP contribution in [-0.4, -0.2) is 10.1 Å². The lowest BCUT2D eigenvalue weighted by molar-refractivity contribution is 0.411. The van der Waals surface area contributed by atoms with Crippen LogP contribution in [0.4, 0.5) is 0 Å². The Hall–Kier alpha value is -1.39. The van der Waals surface area contributed by atoms with E-state index in [9.17, 15) is 0 Å². The maximum absolute atomic E-state index is 6.05. The number of benzene rings is 1. The maximum Gasteiger partial charge on any atom is 0.258 e. The van der Waals surface area contributed by atoms with Gasteiger partial charge in [0.15, 0.2) is 5.82 Å². The predicted molar refractivity (Wildman–Crippen MR) is 69.1 cm³/mol. The molecule has 1 atom stereocenters. The SMILES string of the molecule is Cc1cc(Cl)ccc1-c1nc(C(N)C2CC2)no1. The van der Waals surface area contributed by atoms with Crippen molar-refractivity contribution >= 4 is 11.6 Å². The summed E-state index contributed by atoms with van der Waals surface area (Å²) in [6.45, 7) is 1.96. The minimum Gasteiger partial charge on any atom is -0.334 e. The average Bonchev–Trinajstić information content (AvgIpc) is 3.07. The number of nitrogens with two attached hydrogens (primary N) is 1. The van der Waals surface area contributed by atoms with Crippen LogP contribution >= 0.6 is 11.6 Å². The zero-order valence-corrected chi connectivity index (χ0v) is 10.8. The van der Waals surface area contributed by atoms with Crippen molar-refractivity contribution in [3.05, 3.63) is 34.6 Å². The largest absolute Gasteiger partial charge is 0.334 e. The fraction of sp³-hybridized carbons (Fsp3) is 0.385. The molecule has 0 amide bonds. The van der Waals surface area contributed by atoms with Crippen molar-refractivity contribution in [3.63, 3.8) is 0 Å². The summed E-state index contributed by atoms with van der Waals surface area (Å²) < 4.78 is 5.29. The molecule has 1 aromatic heterocycles. The number of aryl methyl sites for hydroxylation is 1.